The Hall–Kier alpha value is -2.33. The topological polar surface area (TPSA) is 0 Å². The quantitative estimate of drug-likeness (QED) is 0.650. The summed E-state index contributed by atoms with van der Waals surface area (Å²) in [5.74, 6) is 5.56. The number of halogens is 1. The average molecular weight is 250 g/mol. The van der Waals surface area contributed by atoms with E-state index in [9.17, 15) is 4.39 Å². The molecule has 0 N–H and O–H groups in total. The number of aryl methyl sites for hydroxylation is 1. The molecule has 0 aliphatic carbocycles. The third-order valence-electron chi connectivity index (χ3n) is 2.75. The smallest absolute Gasteiger partial charge is 0.139 e. The summed E-state index contributed by atoms with van der Waals surface area (Å²) in [4.78, 5) is 0. The van der Waals surface area contributed by atoms with Crippen molar-refractivity contribution in [2.24, 2.45) is 0 Å². The monoisotopic (exact) mass is 250 g/mol. The van der Waals surface area contributed by atoms with Gasteiger partial charge in [-0.1, -0.05) is 47.8 Å². The fraction of sp³-hybridized carbons (Fsp3) is 0.111. The highest BCUT2D eigenvalue weighted by molar-refractivity contribution is 5.52. The Morgan fingerprint density at radius 1 is 1.00 bits per heavy atom. The van der Waals surface area contributed by atoms with E-state index < -0.39 is 0 Å². The maximum Gasteiger partial charge on any atom is 0.139 e. The third-order valence-corrected chi connectivity index (χ3v) is 2.75. The zero-order valence-electron chi connectivity index (χ0n) is 11.1. The Labute approximate surface area is 113 Å². The van der Waals surface area contributed by atoms with E-state index in [2.05, 4.69) is 11.8 Å². The maximum atomic E-state index is 13.8. The number of benzene rings is 2. The van der Waals surface area contributed by atoms with E-state index in [1.54, 1.807) is 6.07 Å². The lowest BCUT2D eigenvalue weighted by atomic mass is 10.1. The zero-order chi connectivity index (χ0) is 13.7. The maximum absolute atomic E-state index is 13.8. The fourth-order valence-electron chi connectivity index (χ4n) is 1.71. The molecule has 0 saturated heterocycles. The summed E-state index contributed by atoms with van der Waals surface area (Å²) < 4.78 is 13.8. The van der Waals surface area contributed by atoms with Gasteiger partial charge in [0.15, 0.2) is 0 Å². The molecule has 0 fully saturated rings. The van der Waals surface area contributed by atoms with E-state index in [1.165, 1.54) is 11.6 Å². The minimum Gasteiger partial charge on any atom is -0.206 e. The van der Waals surface area contributed by atoms with Gasteiger partial charge < -0.3 is 0 Å². The van der Waals surface area contributed by atoms with Crippen molar-refractivity contribution in [3.63, 3.8) is 0 Å². The number of allylic oxidation sites excluding steroid dienone is 1. The van der Waals surface area contributed by atoms with Crippen LogP contribution in [-0.4, -0.2) is 0 Å². The number of rotatable bonds is 1. The molecule has 0 amide bonds. The van der Waals surface area contributed by atoms with Crippen molar-refractivity contribution in [3.8, 4) is 11.8 Å². The van der Waals surface area contributed by atoms with Gasteiger partial charge in [0.25, 0.3) is 0 Å². The van der Waals surface area contributed by atoms with Crippen LogP contribution in [0.1, 0.15) is 29.2 Å². The SMILES string of the molecule is C/C=C/c1ccc(C#Cc2ccc(C)cc2)c(F)c1. The van der Waals surface area contributed by atoms with Crippen molar-refractivity contribution in [2.75, 3.05) is 0 Å². The molecule has 0 atom stereocenters. The molecule has 0 unspecified atom stereocenters. The van der Waals surface area contributed by atoms with Gasteiger partial charge in [0.2, 0.25) is 0 Å². The third kappa shape index (κ3) is 3.56. The summed E-state index contributed by atoms with van der Waals surface area (Å²) in [6, 6.07) is 12.9. The minimum atomic E-state index is -0.282. The molecule has 0 bridgehead atoms. The van der Waals surface area contributed by atoms with Gasteiger partial charge in [-0.3, -0.25) is 0 Å². The Bertz CT molecular complexity index is 652. The normalized spacial score (nSPS) is 10.3. The second-order valence-corrected chi connectivity index (χ2v) is 4.36. The van der Waals surface area contributed by atoms with Crippen molar-refractivity contribution in [1.82, 2.24) is 0 Å². The molecule has 0 nitrogen and oxygen atoms in total. The van der Waals surface area contributed by atoms with Crippen LogP contribution < -0.4 is 0 Å². The molecule has 0 aliphatic heterocycles. The fourth-order valence-corrected chi connectivity index (χ4v) is 1.71. The summed E-state index contributed by atoms with van der Waals surface area (Å²) in [6.07, 6.45) is 3.74. The average Bonchev–Trinajstić information content (AvgIpc) is 2.40. The molecule has 2 aromatic rings. The molecule has 0 aliphatic rings. The first-order chi connectivity index (χ1) is 9.19. The Balaban J connectivity index is 2.27. The number of hydrogen-bond acceptors (Lipinski definition) is 0. The van der Waals surface area contributed by atoms with Crippen LogP contribution in [-0.2, 0) is 0 Å². The Morgan fingerprint density at radius 3 is 2.37 bits per heavy atom. The summed E-state index contributed by atoms with van der Waals surface area (Å²) in [5.41, 5.74) is 3.35. The van der Waals surface area contributed by atoms with Crippen LogP contribution in [0.5, 0.6) is 0 Å². The first-order valence-corrected chi connectivity index (χ1v) is 6.20. The van der Waals surface area contributed by atoms with Crippen molar-refractivity contribution in [3.05, 3.63) is 76.6 Å². The van der Waals surface area contributed by atoms with Gasteiger partial charge in [-0.25, -0.2) is 4.39 Å². The lowest BCUT2D eigenvalue weighted by Crippen LogP contribution is -1.85. The standard InChI is InChI=1S/C18H15F/c1-3-4-16-10-12-17(18(19)13-16)11-9-15-7-5-14(2)6-8-15/h3-8,10,12-13H,1-2H3/b4-3+. The van der Waals surface area contributed by atoms with E-state index in [0.717, 1.165) is 11.1 Å². The summed E-state index contributed by atoms with van der Waals surface area (Å²) in [5, 5.41) is 0. The van der Waals surface area contributed by atoms with Gasteiger partial charge in [0.1, 0.15) is 5.82 Å². The highest BCUT2D eigenvalue weighted by Crippen LogP contribution is 2.11. The predicted octanol–water partition coefficient (Wildman–Crippen LogP) is 4.57. The van der Waals surface area contributed by atoms with E-state index >= 15 is 0 Å². The Morgan fingerprint density at radius 2 is 1.74 bits per heavy atom. The summed E-state index contributed by atoms with van der Waals surface area (Å²) >= 11 is 0. The van der Waals surface area contributed by atoms with Crippen molar-refractivity contribution in [1.29, 1.82) is 0 Å². The van der Waals surface area contributed by atoms with E-state index in [-0.39, 0.29) is 5.82 Å². The molecule has 19 heavy (non-hydrogen) atoms. The van der Waals surface area contributed by atoms with Gasteiger partial charge >= 0.3 is 0 Å². The van der Waals surface area contributed by atoms with Gasteiger partial charge in [-0.2, -0.15) is 0 Å². The van der Waals surface area contributed by atoms with Crippen molar-refractivity contribution in [2.45, 2.75) is 13.8 Å². The number of hydrogen-bond donors (Lipinski definition) is 0. The molecule has 1 heteroatoms. The lowest BCUT2D eigenvalue weighted by molar-refractivity contribution is 0.624. The van der Waals surface area contributed by atoms with Crippen LogP contribution in [0, 0.1) is 24.6 Å². The molecule has 0 aromatic heterocycles. The highest BCUT2D eigenvalue weighted by Gasteiger charge is 1.99. The van der Waals surface area contributed by atoms with Crippen LogP contribution >= 0.6 is 0 Å². The van der Waals surface area contributed by atoms with Crippen LogP contribution in [0.2, 0.25) is 0 Å². The Kier molecular flexibility index (Phi) is 4.15. The summed E-state index contributed by atoms with van der Waals surface area (Å²) in [7, 11) is 0. The van der Waals surface area contributed by atoms with Crippen LogP contribution in [0.3, 0.4) is 0 Å². The second-order valence-electron chi connectivity index (χ2n) is 4.36. The minimum absolute atomic E-state index is 0.282. The summed E-state index contributed by atoms with van der Waals surface area (Å²) in [6.45, 7) is 3.93. The molecule has 0 spiro atoms. The van der Waals surface area contributed by atoms with Crippen molar-refractivity contribution < 1.29 is 4.39 Å². The van der Waals surface area contributed by atoms with Crippen LogP contribution in [0.25, 0.3) is 6.08 Å². The molecular formula is C18H15F. The lowest BCUT2D eigenvalue weighted by Gasteiger charge is -1.97. The predicted molar refractivity (Wildman–Crippen MR) is 78.3 cm³/mol. The van der Waals surface area contributed by atoms with E-state index in [4.69, 9.17) is 0 Å². The molecule has 2 aromatic carbocycles. The van der Waals surface area contributed by atoms with E-state index in [0.29, 0.717) is 5.56 Å². The largest absolute Gasteiger partial charge is 0.206 e. The molecule has 2 rings (SSSR count). The van der Waals surface area contributed by atoms with Crippen LogP contribution in [0.4, 0.5) is 4.39 Å². The molecule has 0 heterocycles. The van der Waals surface area contributed by atoms with Gasteiger partial charge in [-0.15, -0.1) is 0 Å². The highest BCUT2D eigenvalue weighted by atomic mass is 19.1. The van der Waals surface area contributed by atoms with Gasteiger partial charge in [0, 0.05) is 5.56 Å². The van der Waals surface area contributed by atoms with Gasteiger partial charge in [-0.05, 0) is 43.7 Å². The second kappa shape index (κ2) is 6.02. The molecule has 0 saturated carbocycles. The van der Waals surface area contributed by atoms with Crippen LogP contribution in [0.15, 0.2) is 48.5 Å². The molecular weight excluding hydrogens is 235 g/mol. The molecule has 94 valence electrons. The first kappa shape index (κ1) is 13.1. The first-order valence-electron chi connectivity index (χ1n) is 6.20. The van der Waals surface area contributed by atoms with E-state index in [1.807, 2.05) is 56.3 Å². The molecule has 0 radical (unpaired) electrons. The van der Waals surface area contributed by atoms with Gasteiger partial charge in [0.05, 0.1) is 5.56 Å². The van der Waals surface area contributed by atoms with Crippen molar-refractivity contribution >= 4 is 6.08 Å². The zero-order valence-corrected chi connectivity index (χ0v) is 11.1.